The van der Waals surface area contributed by atoms with Crippen LogP contribution in [0.5, 0.6) is 0 Å². The molecule has 0 aliphatic rings. The molecule has 0 saturated carbocycles. The van der Waals surface area contributed by atoms with Gasteiger partial charge < -0.3 is 45.0 Å². The van der Waals surface area contributed by atoms with Gasteiger partial charge in [0, 0.05) is 0 Å². The van der Waals surface area contributed by atoms with E-state index in [4.69, 9.17) is 45.0 Å². The van der Waals surface area contributed by atoms with Gasteiger partial charge in [-0.15, -0.1) is 0 Å². The standard InChI is InChI=1S/3CH2O3.Ca.Mg.Zn/c3*2-1(3)4;;;/h3*(H2,2,3,4);;;/q;;;3*+2/p-6. The Morgan fingerprint density at radius 2 is 0.600 bits per heavy atom. The molecule has 0 atom stereocenters. The first-order valence-corrected chi connectivity index (χ1v) is 1.84. The Kier molecular flexibility index (Phi) is 70.5. The van der Waals surface area contributed by atoms with Crippen LogP contribution in [0.15, 0.2) is 0 Å². The summed E-state index contributed by atoms with van der Waals surface area (Å²) in [6.45, 7) is 0. The topological polar surface area (TPSA) is 190 Å². The van der Waals surface area contributed by atoms with E-state index in [9.17, 15) is 0 Å². The summed E-state index contributed by atoms with van der Waals surface area (Å²) in [7, 11) is 0. The molecule has 0 bridgehead atoms. The first-order valence-electron chi connectivity index (χ1n) is 1.84. The number of carboxylic acid groups (broad SMARTS) is 6. The molecule has 0 aromatic rings. The van der Waals surface area contributed by atoms with Crippen molar-refractivity contribution >= 4 is 79.3 Å². The van der Waals surface area contributed by atoms with Gasteiger partial charge in [0.1, 0.15) is 0 Å². The number of hydrogen-bond donors (Lipinski definition) is 0. The Hall–Kier alpha value is 0.459. The second kappa shape index (κ2) is 29.3. The maximum Gasteiger partial charge on any atom is 2.00 e. The van der Waals surface area contributed by atoms with Crippen LogP contribution in [-0.2, 0) is 19.5 Å². The van der Waals surface area contributed by atoms with Crippen molar-refractivity contribution in [3.05, 3.63) is 0 Å². The molecule has 0 radical (unpaired) electrons. The van der Waals surface area contributed by atoms with Crippen molar-refractivity contribution in [1.82, 2.24) is 0 Å². The molecule has 0 aromatic carbocycles. The van der Waals surface area contributed by atoms with Gasteiger partial charge in [-0.3, -0.25) is 0 Å². The second-order valence-corrected chi connectivity index (χ2v) is 0.750. The van der Waals surface area contributed by atoms with Crippen molar-refractivity contribution in [1.29, 1.82) is 0 Å². The zero-order chi connectivity index (χ0) is 10.7. The van der Waals surface area contributed by atoms with Crippen molar-refractivity contribution < 1.29 is 64.5 Å². The van der Waals surface area contributed by atoms with Gasteiger partial charge in [0.25, 0.3) is 0 Å². The first-order chi connectivity index (χ1) is 5.20. The van der Waals surface area contributed by atoms with Crippen molar-refractivity contribution in [2.45, 2.75) is 0 Å². The molecular weight excluding hydrogens is 310 g/mol. The van der Waals surface area contributed by atoms with E-state index in [2.05, 4.69) is 0 Å². The molecule has 0 heterocycles. The van der Waals surface area contributed by atoms with Gasteiger partial charge in [0.05, 0.1) is 0 Å². The van der Waals surface area contributed by atoms with Crippen LogP contribution in [0.2, 0.25) is 0 Å². The number of carbonyl (C=O) groups excluding carboxylic acids is 3. The van der Waals surface area contributed by atoms with E-state index in [1.54, 1.807) is 0 Å². The van der Waals surface area contributed by atoms with E-state index in [1.165, 1.54) is 0 Å². The Morgan fingerprint density at radius 3 is 0.600 bits per heavy atom. The zero-order valence-corrected chi connectivity index (χ0v) is 13.9. The van der Waals surface area contributed by atoms with Crippen LogP contribution in [0.4, 0.5) is 14.4 Å². The van der Waals surface area contributed by atoms with Crippen molar-refractivity contribution in [2.24, 2.45) is 0 Å². The average Bonchev–Trinajstić information content (AvgIpc) is 1.54. The molecule has 72 valence electrons. The maximum absolute atomic E-state index is 8.33. The summed E-state index contributed by atoms with van der Waals surface area (Å²) in [5.41, 5.74) is 0. The van der Waals surface area contributed by atoms with E-state index < -0.39 is 18.5 Å². The van der Waals surface area contributed by atoms with Crippen LogP contribution < -0.4 is 30.6 Å². The molecule has 0 N–H and O–H groups in total. The maximum atomic E-state index is 8.33. The fourth-order valence-electron chi connectivity index (χ4n) is 0. The molecule has 0 aliphatic heterocycles. The molecule has 0 aromatic heterocycles. The van der Waals surface area contributed by atoms with Gasteiger partial charge in [0.2, 0.25) is 0 Å². The zero-order valence-electron chi connectivity index (χ0n) is 7.30. The van der Waals surface area contributed by atoms with E-state index in [0.29, 0.717) is 0 Å². The van der Waals surface area contributed by atoms with E-state index in [0.717, 1.165) is 0 Å². The smallest absolute Gasteiger partial charge is 0.652 e. The molecule has 0 spiro atoms. The molecular formula is C3CaMgO9Zn. The first kappa shape index (κ1) is 36.1. The summed E-state index contributed by atoms with van der Waals surface area (Å²) in [5, 5.41) is 50.0. The van der Waals surface area contributed by atoms with Crippen LogP contribution in [0.25, 0.3) is 0 Å². The Bertz CT molecular complexity index is 123. The predicted octanol–water partition coefficient (Wildman–Crippen LogP) is -8.11. The minimum atomic E-state index is -2.33. The molecule has 9 nitrogen and oxygen atoms in total. The monoisotopic (exact) mass is 308 g/mol. The third kappa shape index (κ3) is 10600. The third-order valence-corrected chi connectivity index (χ3v) is 0. The van der Waals surface area contributed by atoms with Crippen LogP contribution >= 0.6 is 0 Å². The third-order valence-electron chi connectivity index (χ3n) is 0. The minimum Gasteiger partial charge on any atom is -0.652 e. The summed E-state index contributed by atoms with van der Waals surface area (Å²) >= 11 is 0. The van der Waals surface area contributed by atoms with Gasteiger partial charge in [-0.2, -0.15) is 0 Å². The fourth-order valence-corrected chi connectivity index (χ4v) is 0. The van der Waals surface area contributed by atoms with Gasteiger partial charge >= 0.3 is 80.3 Å². The van der Waals surface area contributed by atoms with Crippen LogP contribution in [-0.4, -0.2) is 79.3 Å². The fraction of sp³-hybridized carbons (Fsp3) is 0. The van der Waals surface area contributed by atoms with Crippen LogP contribution in [0, 0.1) is 0 Å². The van der Waals surface area contributed by atoms with Crippen molar-refractivity contribution in [3.63, 3.8) is 0 Å². The number of hydrogen-bond acceptors (Lipinski definition) is 9. The summed E-state index contributed by atoms with van der Waals surface area (Å²) in [6, 6.07) is 0. The molecule has 0 saturated heterocycles. The molecule has 0 amide bonds. The van der Waals surface area contributed by atoms with E-state index in [-0.39, 0.29) is 80.3 Å². The quantitative estimate of drug-likeness (QED) is 0.391. The van der Waals surface area contributed by atoms with Crippen molar-refractivity contribution in [3.8, 4) is 0 Å². The Labute approximate surface area is 142 Å². The summed E-state index contributed by atoms with van der Waals surface area (Å²) in [4.78, 5) is 25.0. The summed E-state index contributed by atoms with van der Waals surface area (Å²) in [5.74, 6) is 0. The van der Waals surface area contributed by atoms with Gasteiger partial charge in [-0.05, 0) is 18.5 Å². The SMILES string of the molecule is O=C([O-])[O-].O=C([O-])[O-].O=C([O-])[O-].[Ca+2].[Mg+2].[Zn+2]. The normalized spacial score (nSPS) is 4.80. The predicted molar refractivity (Wildman–Crippen MR) is 27.7 cm³/mol. The molecule has 0 fully saturated rings. The average molecular weight is 310 g/mol. The largest absolute Gasteiger partial charge is 2.00 e. The summed E-state index contributed by atoms with van der Waals surface area (Å²) in [6.07, 6.45) is -7.00. The Balaban J connectivity index is -0.0000000184. The van der Waals surface area contributed by atoms with Gasteiger partial charge in [0.15, 0.2) is 0 Å². The van der Waals surface area contributed by atoms with E-state index in [1.807, 2.05) is 0 Å². The molecule has 0 aliphatic carbocycles. The molecule has 0 unspecified atom stereocenters. The molecule has 15 heavy (non-hydrogen) atoms. The van der Waals surface area contributed by atoms with Crippen LogP contribution in [0.1, 0.15) is 0 Å². The van der Waals surface area contributed by atoms with Crippen molar-refractivity contribution in [2.75, 3.05) is 0 Å². The van der Waals surface area contributed by atoms with Crippen LogP contribution in [0.3, 0.4) is 0 Å². The number of carbonyl (C=O) groups is 3. The molecule has 0 rings (SSSR count). The summed E-state index contributed by atoms with van der Waals surface area (Å²) < 4.78 is 0. The van der Waals surface area contributed by atoms with E-state index >= 15 is 0 Å². The van der Waals surface area contributed by atoms with Gasteiger partial charge in [-0.1, -0.05) is 0 Å². The van der Waals surface area contributed by atoms with Gasteiger partial charge in [-0.25, -0.2) is 0 Å². The number of rotatable bonds is 0. The Morgan fingerprint density at radius 1 is 0.600 bits per heavy atom. The second-order valence-electron chi connectivity index (χ2n) is 0.750. The molecule has 12 heteroatoms. The minimum absolute atomic E-state index is 0.